The highest BCUT2D eigenvalue weighted by Gasteiger charge is 2.32. The van der Waals surface area contributed by atoms with E-state index in [4.69, 9.17) is 0 Å². The van der Waals surface area contributed by atoms with Gasteiger partial charge in [-0.05, 0) is 12.0 Å². The van der Waals surface area contributed by atoms with Crippen molar-refractivity contribution in [2.75, 3.05) is 25.5 Å². The molecule has 0 bridgehead atoms. The van der Waals surface area contributed by atoms with Gasteiger partial charge in [0.15, 0.2) is 5.13 Å². The number of nitrogens with one attached hydrogen (secondary N) is 1. The van der Waals surface area contributed by atoms with E-state index in [-0.39, 0.29) is 11.8 Å². The molecule has 1 aromatic carbocycles. The van der Waals surface area contributed by atoms with Crippen LogP contribution in [0, 0.1) is 0 Å². The Kier molecular flexibility index (Phi) is 4.40. The van der Waals surface area contributed by atoms with Crippen LogP contribution in [0.3, 0.4) is 0 Å². The number of aliphatic hydroxyl groups is 1. The number of carbonyl (C=O) groups excluding carboxylic acids is 1. The Balaban J connectivity index is 1.68. The first-order chi connectivity index (χ1) is 10.7. The number of piperidine rings is 1. The number of β-amino-alcohol motifs (C(OH)–C–C–N with tert-alkyl or cyclic N) is 1. The van der Waals surface area contributed by atoms with E-state index in [0.29, 0.717) is 18.8 Å². The minimum Gasteiger partial charge on any atom is -0.391 e. The average molecular weight is 317 g/mol. The average Bonchev–Trinajstić information content (AvgIpc) is 3.04. The number of anilines is 1. The second-order valence-electron chi connectivity index (χ2n) is 5.41. The largest absolute Gasteiger partial charge is 0.391 e. The van der Waals surface area contributed by atoms with Crippen molar-refractivity contribution in [2.45, 2.75) is 18.4 Å². The number of likely N-dealkylation sites (tertiary alicyclic amines) is 1. The van der Waals surface area contributed by atoms with Gasteiger partial charge in [0, 0.05) is 31.4 Å². The Labute approximate surface area is 133 Å². The van der Waals surface area contributed by atoms with Crippen LogP contribution in [0.5, 0.6) is 0 Å². The molecule has 0 saturated carbocycles. The maximum Gasteiger partial charge on any atom is 0.273 e. The van der Waals surface area contributed by atoms with Crippen LogP contribution in [-0.2, 0) is 0 Å². The van der Waals surface area contributed by atoms with E-state index < -0.39 is 6.10 Å². The summed E-state index contributed by atoms with van der Waals surface area (Å²) in [6.07, 6.45) is 0.224. The number of hydrogen-bond donors (Lipinski definition) is 2. The molecule has 22 heavy (non-hydrogen) atoms. The molecule has 2 heterocycles. The number of rotatable bonds is 3. The van der Waals surface area contributed by atoms with E-state index in [2.05, 4.69) is 10.3 Å². The lowest BCUT2D eigenvalue weighted by Gasteiger charge is -2.35. The predicted molar refractivity (Wildman–Crippen MR) is 87.4 cm³/mol. The van der Waals surface area contributed by atoms with E-state index >= 15 is 0 Å². The minimum absolute atomic E-state index is 0.0913. The van der Waals surface area contributed by atoms with Crippen molar-refractivity contribution < 1.29 is 9.90 Å². The van der Waals surface area contributed by atoms with Crippen LogP contribution in [-0.4, -0.2) is 47.1 Å². The lowest BCUT2D eigenvalue weighted by molar-refractivity contribution is 0.0378. The first kappa shape index (κ1) is 15.0. The van der Waals surface area contributed by atoms with Crippen LogP contribution in [0.1, 0.15) is 28.4 Å². The summed E-state index contributed by atoms with van der Waals surface area (Å²) in [6, 6.07) is 9.99. The topological polar surface area (TPSA) is 65.5 Å². The van der Waals surface area contributed by atoms with Gasteiger partial charge in [-0.2, -0.15) is 0 Å². The van der Waals surface area contributed by atoms with Crippen molar-refractivity contribution in [3.8, 4) is 0 Å². The van der Waals surface area contributed by atoms with E-state index in [1.54, 1.807) is 17.3 Å². The lowest BCUT2D eigenvalue weighted by Crippen LogP contribution is -2.45. The summed E-state index contributed by atoms with van der Waals surface area (Å²) in [5.41, 5.74) is 1.58. The third-order valence-corrected chi connectivity index (χ3v) is 4.89. The molecule has 1 amide bonds. The SMILES string of the molecule is CNc1nc(C(=O)N2CC[C@H](c3ccccc3)[C@H](O)C2)cs1. The fraction of sp³-hybridized carbons (Fsp3) is 0.375. The third-order valence-electron chi connectivity index (χ3n) is 4.03. The molecule has 1 fully saturated rings. The minimum atomic E-state index is -0.539. The number of thiazole rings is 1. The van der Waals surface area contributed by atoms with Gasteiger partial charge in [-0.1, -0.05) is 30.3 Å². The number of hydrogen-bond acceptors (Lipinski definition) is 5. The molecule has 0 unspecified atom stereocenters. The van der Waals surface area contributed by atoms with E-state index in [1.165, 1.54) is 11.3 Å². The van der Waals surface area contributed by atoms with Crippen molar-refractivity contribution in [3.05, 3.63) is 47.0 Å². The predicted octanol–water partition coefficient (Wildman–Crippen LogP) is 2.18. The van der Waals surface area contributed by atoms with Gasteiger partial charge in [0.2, 0.25) is 0 Å². The molecule has 0 aliphatic carbocycles. The molecule has 2 atom stereocenters. The van der Waals surface area contributed by atoms with Gasteiger partial charge in [-0.25, -0.2) is 4.98 Å². The lowest BCUT2D eigenvalue weighted by atomic mass is 9.87. The van der Waals surface area contributed by atoms with Crippen LogP contribution in [0.25, 0.3) is 0 Å². The summed E-state index contributed by atoms with van der Waals surface area (Å²) in [5, 5.41) is 15.8. The smallest absolute Gasteiger partial charge is 0.273 e. The quantitative estimate of drug-likeness (QED) is 0.910. The number of aromatic nitrogens is 1. The summed E-state index contributed by atoms with van der Waals surface area (Å²) < 4.78 is 0. The Morgan fingerprint density at radius 3 is 2.82 bits per heavy atom. The molecule has 2 N–H and O–H groups in total. The maximum absolute atomic E-state index is 12.4. The maximum atomic E-state index is 12.4. The number of amides is 1. The molecule has 116 valence electrons. The van der Waals surface area contributed by atoms with Crippen LogP contribution >= 0.6 is 11.3 Å². The van der Waals surface area contributed by atoms with Gasteiger partial charge in [-0.3, -0.25) is 4.79 Å². The van der Waals surface area contributed by atoms with Gasteiger partial charge in [-0.15, -0.1) is 11.3 Å². The van der Waals surface area contributed by atoms with Gasteiger partial charge in [0.25, 0.3) is 5.91 Å². The normalized spacial score (nSPS) is 21.6. The monoisotopic (exact) mass is 317 g/mol. The molecular weight excluding hydrogens is 298 g/mol. The molecule has 1 aromatic heterocycles. The Hall–Kier alpha value is -1.92. The van der Waals surface area contributed by atoms with Crippen LogP contribution in [0.2, 0.25) is 0 Å². The number of benzene rings is 1. The molecule has 2 aromatic rings. The van der Waals surface area contributed by atoms with Crippen molar-refractivity contribution in [2.24, 2.45) is 0 Å². The standard InChI is InChI=1S/C16H19N3O2S/c1-17-16-18-13(10-22-16)15(21)19-8-7-12(14(20)9-19)11-5-3-2-4-6-11/h2-6,10,12,14,20H,7-9H2,1H3,(H,17,18)/t12-,14-/m1/s1. The fourth-order valence-electron chi connectivity index (χ4n) is 2.85. The molecule has 3 rings (SSSR count). The van der Waals surface area contributed by atoms with Gasteiger partial charge >= 0.3 is 0 Å². The van der Waals surface area contributed by atoms with Gasteiger partial charge in [0.1, 0.15) is 5.69 Å². The van der Waals surface area contributed by atoms with E-state index in [9.17, 15) is 9.90 Å². The molecule has 5 nitrogen and oxygen atoms in total. The summed E-state index contributed by atoms with van der Waals surface area (Å²) >= 11 is 1.41. The highest BCUT2D eigenvalue weighted by molar-refractivity contribution is 7.13. The Morgan fingerprint density at radius 1 is 1.41 bits per heavy atom. The summed E-state index contributed by atoms with van der Waals surface area (Å²) in [7, 11) is 1.78. The second kappa shape index (κ2) is 6.46. The van der Waals surface area contributed by atoms with Crippen molar-refractivity contribution in [3.63, 3.8) is 0 Å². The zero-order valence-electron chi connectivity index (χ0n) is 12.4. The summed E-state index contributed by atoms with van der Waals surface area (Å²) in [6.45, 7) is 0.993. The molecule has 1 aliphatic heterocycles. The van der Waals surface area contributed by atoms with E-state index in [1.807, 2.05) is 30.3 Å². The van der Waals surface area contributed by atoms with Crippen molar-refractivity contribution in [1.82, 2.24) is 9.88 Å². The number of carbonyl (C=O) groups is 1. The number of aliphatic hydroxyl groups excluding tert-OH is 1. The second-order valence-corrected chi connectivity index (χ2v) is 6.27. The molecule has 0 radical (unpaired) electrons. The highest BCUT2D eigenvalue weighted by Crippen LogP contribution is 2.29. The molecule has 0 spiro atoms. The van der Waals surface area contributed by atoms with Gasteiger partial charge in [0.05, 0.1) is 6.10 Å². The first-order valence-corrected chi connectivity index (χ1v) is 8.22. The third kappa shape index (κ3) is 2.98. The highest BCUT2D eigenvalue weighted by atomic mass is 32.1. The zero-order valence-corrected chi connectivity index (χ0v) is 13.2. The van der Waals surface area contributed by atoms with Crippen LogP contribution in [0.4, 0.5) is 5.13 Å². The number of nitrogens with zero attached hydrogens (tertiary/aromatic N) is 2. The van der Waals surface area contributed by atoms with Crippen LogP contribution in [0.15, 0.2) is 35.7 Å². The first-order valence-electron chi connectivity index (χ1n) is 7.34. The van der Waals surface area contributed by atoms with Crippen molar-refractivity contribution >= 4 is 22.4 Å². The molecule has 6 heteroatoms. The Bertz CT molecular complexity index is 644. The summed E-state index contributed by atoms with van der Waals surface area (Å²) in [5.74, 6) is -0.0168. The van der Waals surface area contributed by atoms with E-state index in [0.717, 1.165) is 17.1 Å². The van der Waals surface area contributed by atoms with Crippen LogP contribution < -0.4 is 5.32 Å². The molecule has 1 aliphatic rings. The molecule has 1 saturated heterocycles. The fourth-order valence-corrected chi connectivity index (χ4v) is 3.50. The molecular formula is C16H19N3O2S. The summed E-state index contributed by atoms with van der Waals surface area (Å²) in [4.78, 5) is 18.4. The van der Waals surface area contributed by atoms with Crippen molar-refractivity contribution in [1.29, 1.82) is 0 Å². The Morgan fingerprint density at radius 2 is 2.18 bits per heavy atom. The van der Waals surface area contributed by atoms with Gasteiger partial charge < -0.3 is 15.3 Å². The zero-order chi connectivity index (χ0) is 15.5.